The summed E-state index contributed by atoms with van der Waals surface area (Å²) in [7, 11) is 0. The summed E-state index contributed by atoms with van der Waals surface area (Å²) in [5, 5.41) is 3.88. The molecular formula is C22H29N3O3. The van der Waals surface area contributed by atoms with Crippen LogP contribution in [0.25, 0.3) is 11.0 Å². The summed E-state index contributed by atoms with van der Waals surface area (Å²) in [6.07, 6.45) is 12.9. The Labute approximate surface area is 166 Å². The van der Waals surface area contributed by atoms with Gasteiger partial charge in [0.25, 0.3) is 0 Å². The summed E-state index contributed by atoms with van der Waals surface area (Å²) in [6.45, 7) is 4.59. The lowest BCUT2D eigenvalue weighted by atomic mass is 9.89. The molecular weight excluding hydrogens is 354 g/mol. The minimum atomic E-state index is -0.267. The van der Waals surface area contributed by atoms with Crippen molar-refractivity contribution in [3.8, 4) is 0 Å². The SMILES string of the molecule is CC(C)(C/C=C/C(=O)OC1CCCCC1)CNC(=O)n1ccc2cccnc21. The molecule has 1 amide bonds. The van der Waals surface area contributed by atoms with Crippen molar-refractivity contribution >= 4 is 23.0 Å². The number of nitrogens with one attached hydrogen (secondary N) is 1. The number of hydrogen-bond donors (Lipinski definition) is 1. The van der Waals surface area contributed by atoms with E-state index in [0.717, 1.165) is 31.1 Å². The monoisotopic (exact) mass is 383 g/mol. The highest BCUT2D eigenvalue weighted by molar-refractivity contribution is 5.89. The van der Waals surface area contributed by atoms with E-state index in [9.17, 15) is 9.59 Å². The van der Waals surface area contributed by atoms with Crippen LogP contribution in [0.15, 0.2) is 42.7 Å². The molecule has 0 radical (unpaired) electrons. The molecule has 0 unspecified atom stereocenters. The Hall–Kier alpha value is -2.63. The Balaban J connectivity index is 1.46. The molecule has 0 saturated heterocycles. The second-order valence-corrected chi connectivity index (χ2v) is 8.23. The van der Waals surface area contributed by atoms with Crippen molar-refractivity contribution < 1.29 is 14.3 Å². The fraction of sp³-hybridized carbons (Fsp3) is 0.500. The number of fused-ring (bicyclic) bond motifs is 1. The fourth-order valence-electron chi connectivity index (χ4n) is 3.46. The van der Waals surface area contributed by atoms with E-state index < -0.39 is 0 Å². The number of carbonyl (C=O) groups is 2. The first-order valence-corrected chi connectivity index (χ1v) is 10.0. The van der Waals surface area contributed by atoms with Crippen LogP contribution in [0.3, 0.4) is 0 Å². The van der Waals surface area contributed by atoms with E-state index in [-0.39, 0.29) is 23.5 Å². The molecule has 1 fully saturated rings. The van der Waals surface area contributed by atoms with Crippen molar-refractivity contribution in [2.75, 3.05) is 6.54 Å². The number of aromatic nitrogens is 2. The zero-order valence-electron chi connectivity index (χ0n) is 16.7. The van der Waals surface area contributed by atoms with Crippen LogP contribution in [-0.2, 0) is 9.53 Å². The molecule has 6 nitrogen and oxygen atoms in total. The van der Waals surface area contributed by atoms with E-state index in [4.69, 9.17) is 4.74 Å². The summed E-state index contributed by atoms with van der Waals surface area (Å²) in [6, 6.07) is 5.43. The molecule has 0 aromatic carbocycles. The summed E-state index contributed by atoms with van der Waals surface area (Å²) >= 11 is 0. The topological polar surface area (TPSA) is 73.2 Å². The number of esters is 1. The third-order valence-corrected chi connectivity index (χ3v) is 5.14. The molecule has 1 aliphatic carbocycles. The maximum absolute atomic E-state index is 12.5. The molecule has 1 aliphatic rings. The van der Waals surface area contributed by atoms with Gasteiger partial charge in [-0.1, -0.05) is 26.3 Å². The van der Waals surface area contributed by atoms with Crippen LogP contribution in [0.4, 0.5) is 4.79 Å². The van der Waals surface area contributed by atoms with Gasteiger partial charge in [-0.25, -0.2) is 14.6 Å². The summed E-state index contributed by atoms with van der Waals surface area (Å²) < 4.78 is 7.01. The maximum atomic E-state index is 12.5. The normalized spacial score (nSPS) is 15.8. The number of rotatable bonds is 6. The minimum Gasteiger partial charge on any atom is -0.459 e. The Morgan fingerprint density at radius 2 is 2.07 bits per heavy atom. The first-order valence-electron chi connectivity index (χ1n) is 10.0. The second-order valence-electron chi connectivity index (χ2n) is 8.23. The van der Waals surface area contributed by atoms with E-state index in [1.807, 2.05) is 24.3 Å². The summed E-state index contributed by atoms with van der Waals surface area (Å²) in [4.78, 5) is 28.7. The number of amides is 1. The number of nitrogens with zero attached hydrogens (tertiary/aromatic N) is 2. The van der Waals surface area contributed by atoms with Crippen LogP contribution in [-0.4, -0.2) is 34.2 Å². The van der Waals surface area contributed by atoms with Crippen LogP contribution >= 0.6 is 0 Å². The Bertz CT molecular complexity index is 848. The highest BCUT2D eigenvalue weighted by atomic mass is 16.5. The molecule has 28 heavy (non-hydrogen) atoms. The molecule has 0 atom stereocenters. The predicted octanol–water partition coefficient (Wildman–Crippen LogP) is 4.44. The lowest BCUT2D eigenvalue weighted by Gasteiger charge is -2.23. The number of allylic oxidation sites excluding steroid dienone is 1. The first kappa shape index (κ1) is 20.1. The van der Waals surface area contributed by atoms with Gasteiger partial charge < -0.3 is 10.1 Å². The van der Waals surface area contributed by atoms with Gasteiger partial charge in [-0.15, -0.1) is 0 Å². The van der Waals surface area contributed by atoms with E-state index in [1.54, 1.807) is 12.4 Å². The molecule has 3 rings (SSSR count). The zero-order valence-corrected chi connectivity index (χ0v) is 16.7. The van der Waals surface area contributed by atoms with Crippen LogP contribution in [0.5, 0.6) is 0 Å². The van der Waals surface area contributed by atoms with Crippen LogP contribution < -0.4 is 5.32 Å². The third kappa shape index (κ3) is 5.44. The minimum absolute atomic E-state index is 0.0724. The van der Waals surface area contributed by atoms with Gasteiger partial charge in [0, 0.05) is 30.4 Å². The Morgan fingerprint density at radius 3 is 2.86 bits per heavy atom. The number of pyridine rings is 1. The first-order chi connectivity index (χ1) is 13.4. The molecule has 6 heteroatoms. The second kappa shape index (κ2) is 9.04. The van der Waals surface area contributed by atoms with Crippen molar-refractivity contribution in [1.29, 1.82) is 0 Å². The molecule has 0 bridgehead atoms. The quantitative estimate of drug-likeness (QED) is 0.591. The van der Waals surface area contributed by atoms with Crippen molar-refractivity contribution in [3.63, 3.8) is 0 Å². The maximum Gasteiger partial charge on any atom is 0.330 e. The van der Waals surface area contributed by atoms with Crippen LogP contribution in [0.2, 0.25) is 0 Å². The lowest BCUT2D eigenvalue weighted by molar-refractivity contribution is -0.144. The number of carbonyl (C=O) groups excluding carboxylic acids is 2. The molecule has 0 aliphatic heterocycles. The zero-order chi connectivity index (χ0) is 20.0. The smallest absolute Gasteiger partial charge is 0.330 e. The van der Waals surface area contributed by atoms with Crippen molar-refractivity contribution in [1.82, 2.24) is 14.9 Å². The van der Waals surface area contributed by atoms with Gasteiger partial charge in [0.15, 0.2) is 0 Å². The van der Waals surface area contributed by atoms with Crippen molar-refractivity contribution in [2.45, 2.75) is 58.5 Å². The van der Waals surface area contributed by atoms with Gasteiger partial charge in [0.05, 0.1) is 0 Å². The van der Waals surface area contributed by atoms with Crippen LogP contribution in [0.1, 0.15) is 52.4 Å². The summed E-state index contributed by atoms with van der Waals surface area (Å²) in [5.41, 5.74) is 0.455. The average molecular weight is 383 g/mol. The molecule has 2 aromatic rings. The molecule has 150 valence electrons. The van der Waals surface area contributed by atoms with Gasteiger partial charge >= 0.3 is 12.0 Å². The van der Waals surface area contributed by atoms with Gasteiger partial charge in [-0.05, 0) is 55.7 Å². The molecule has 1 N–H and O–H groups in total. The average Bonchev–Trinajstić information content (AvgIpc) is 3.11. The van der Waals surface area contributed by atoms with Gasteiger partial charge in [0.1, 0.15) is 11.8 Å². The van der Waals surface area contributed by atoms with E-state index in [0.29, 0.717) is 18.6 Å². The highest BCUT2D eigenvalue weighted by Gasteiger charge is 2.20. The lowest BCUT2D eigenvalue weighted by Crippen LogP contribution is -2.36. The Kier molecular flexibility index (Phi) is 6.49. The van der Waals surface area contributed by atoms with Crippen molar-refractivity contribution in [3.05, 3.63) is 42.7 Å². The third-order valence-electron chi connectivity index (χ3n) is 5.14. The number of ether oxygens (including phenoxy) is 1. The van der Waals surface area contributed by atoms with Gasteiger partial charge in [0.2, 0.25) is 0 Å². The fourth-order valence-corrected chi connectivity index (χ4v) is 3.46. The molecule has 2 heterocycles. The standard InChI is InChI=1S/C22H29N3O3/c1-22(2,13-6-11-19(26)28-18-9-4-3-5-10-18)16-24-21(27)25-15-12-17-8-7-14-23-20(17)25/h6-8,11-12,14-15,18H,3-5,9-10,13,16H2,1-2H3,(H,24,27)/b11-6+. The van der Waals surface area contributed by atoms with Gasteiger partial charge in [-0.2, -0.15) is 0 Å². The van der Waals surface area contributed by atoms with Crippen LogP contribution in [0, 0.1) is 5.41 Å². The predicted molar refractivity (Wildman–Crippen MR) is 109 cm³/mol. The van der Waals surface area contributed by atoms with Crippen molar-refractivity contribution in [2.24, 2.45) is 5.41 Å². The molecule has 1 saturated carbocycles. The molecule has 0 spiro atoms. The van der Waals surface area contributed by atoms with E-state index >= 15 is 0 Å². The Morgan fingerprint density at radius 1 is 1.29 bits per heavy atom. The summed E-state index contributed by atoms with van der Waals surface area (Å²) in [5.74, 6) is -0.267. The van der Waals surface area contributed by atoms with Gasteiger partial charge in [-0.3, -0.25) is 4.57 Å². The molecule has 2 aromatic heterocycles. The van der Waals surface area contributed by atoms with E-state index in [1.165, 1.54) is 17.1 Å². The largest absolute Gasteiger partial charge is 0.459 e. The highest BCUT2D eigenvalue weighted by Crippen LogP contribution is 2.22. The van der Waals surface area contributed by atoms with E-state index in [2.05, 4.69) is 24.1 Å². The number of hydrogen-bond acceptors (Lipinski definition) is 4.